The fourth-order valence-electron chi connectivity index (χ4n) is 2.14. The Balaban J connectivity index is 2.05. The zero-order valence-electron chi connectivity index (χ0n) is 10.4. The molecular weight excluding hydrogens is 338 g/mol. The van der Waals surface area contributed by atoms with E-state index in [4.69, 9.17) is 11.6 Å². The van der Waals surface area contributed by atoms with E-state index in [1.807, 2.05) is 42.5 Å². The van der Waals surface area contributed by atoms with Crippen molar-refractivity contribution in [3.05, 3.63) is 75.4 Å². The van der Waals surface area contributed by atoms with Crippen LogP contribution in [0.4, 0.5) is 0 Å². The average Bonchev–Trinajstić information content (AvgIpc) is 2.46. The number of halogens is 2. The maximum absolute atomic E-state index is 10.5. The lowest BCUT2D eigenvalue weighted by atomic mass is 10.0. The first-order chi connectivity index (χ1) is 9.65. The van der Waals surface area contributed by atoms with Crippen molar-refractivity contribution in [2.24, 2.45) is 0 Å². The number of nitrogens with zero attached hydrogens (tertiary/aromatic N) is 1. The topological polar surface area (TPSA) is 33.1 Å². The lowest BCUT2D eigenvalue weighted by molar-refractivity contribution is 0.220. The Morgan fingerprint density at radius 1 is 1.10 bits per heavy atom. The molecule has 0 amide bonds. The molecule has 1 aromatic heterocycles. The number of fused-ring (bicyclic) bond motifs is 1. The van der Waals surface area contributed by atoms with Gasteiger partial charge in [-0.25, -0.2) is 0 Å². The molecule has 0 spiro atoms. The number of rotatable bonds is 2. The number of benzene rings is 2. The first kappa shape index (κ1) is 13.6. The van der Waals surface area contributed by atoms with Crippen molar-refractivity contribution in [1.29, 1.82) is 0 Å². The summed E-state index contributed by atoms with van der Waals surface area (Å²) in [5.74, 6) is 0. The Morgan fingerprint density at radius 2 is 1.90 bits per heavy atom. The van der Waals surface area contributed by atoms with Crippen LogP contribution in [0.3, 0.4) is 0 Å². The molecule has 1 heterocycles. The van der Waals surface area contributed by atoms with Crippen LogP contribution in [-0.4, -0.2) is 10.1 Å². The fourth-order valence-corrected chi connectivity index (χ4v) is 2.92. The summed E-state index contributed by atoms with van der Waals surface area (Å²) in [6.45, 7) is 0. The third-order valence-electron chi connectivity index (χ3n) is 3.18. The van der Waals surface area contributed by atoms with Gasteiger partial charge in [0.25, 0.3) is 0 Å². The maximum atomic E-state index is 10.5. The summed E-state index contributed by atoms with van der Waals surface area (Å²) < 4.78 is 0.884. The SMILES string of the molecule is OC(c1cnc2ccccc2c1)c1ccc(Br)cc1Cl. The standard InChI is InChI=1S/C16H11BrClNO/c17-12-5-6-13(14(18)8-12)16(20)11-7-10-3-1-2-4-15(10)19-9-11/h1-9,16,20H. The predicted octanol–water partition coefficient (Wildman–Crippen LogP) is 4.73. The molecule has 0 saturated carbocycles. The average molecular weight is 349 g/mol. The normalized spacial score (nSPS) is 12.6. The molecule has 0 fully saturated rings. The quantitative estimate of drug-likeness (QED) is 0.726. The van der Waals surface area contributed by atoms with Crippen LogP contribution >= 0.6 is 27.5 Å². The highest BCUT2D eigenvalue weighted by molar-refractivity contribution is 9.10. The molecule has 4 heteroatoms. The third kappa shape index (κ3) is 2.57. The van der Waals surface area contributed by atoms with Crippen LogP contribution in [0.1, 0.15) is 17.2 Å². The highest BCUT2D eigenvalue weighted by atomic mass is 79.9. The molecular formula is C16H11BrClNO. The number of aromatic nitrogens is 1. The molecule has 2 aromatic carbocycles. The van der Waals surface area contributed by atoms with Crippen LogP contribution in [0.25, 0.3) is 10.9 Å². The highest BCUT2D eigenvalue weighted by Crippen LogP contribution is 2.31. The van der Waals surface area contributed by atoms with Gasteiger partial charge >= 0.3 is 0 Å². The molecule has 0 bridgehead atoms. The Morgan fingerprint density at radius 3 is 2.70 bits per heavy atom. The Hall–Kier alpha value is -1.42. The summed E-state index contributed by atoms with van der Waals surface area (Å²) in [6.07, 6.45) is 0.901. The lowest BCUT2D eigenvalue weighted by Crippen LogP contribution is -2.01. The molecule has 0 aliphatic rings. The monoisotopic (exact) mass is 347 g/mol. The molecule has 0 saturated heterocycles. The van der Waals surface area contributed by atoms with Gasteiger partial charge in [0.1, 0.15) is 6.10 Å². The van der Waals surface area contributed by atoms with E-state index in [0.717, 1.165) is 20.9 Å². The number of pyridine rings is 1. The number of para-hydroxylation sites is 1. The first-order valence-corrected chi connectivity index (χ1v) is 7.30. The van der Waals surface area contributed by atoms with Crippen molar-refractivity contribution in [1.82, 2.24) is 4.98 Å². The molecule has 0 aliphatic heterocycles. The van der Waals surface area contributed by atoms with Gasteiger partial charge in [0, 0.05) is 32.2 Å². The summed E-state index contributed by atoms with van der Waals surface area (Å²) in [5.41, 5.74) is 2.31. The highest BCUT2D eigenvalue weighted by Gasteiger charge is 2.15. The van der Waals surface area contributed by atoms with E-state index in [1.165, 1.54) is 0 Å². The van der Waals surface area contributed by atoms with E-state index in [9.17, 15) is 5.11 Å². The zero-order chi connectivity index (χ0) is 14.1. The molecule has 0 radical (unpaired) electrons. The largest absolute Gasteiger partial charge is 0.384 e. The van der Waals surface area contributed by atoms with Crippen molar-refractivity contribution < 1.29 is 5.11 Å². The summed E-state index contributed by atoms with van der Waals surface area (Å²) in [7, 11) is 0. The van der Waals surface area contributed by atoms with E-state index < -0.39 is 6.10 Å². The van der Waals surface area contributed by atoms with E-state index in [0.29, 0.717) is 10.6 Å². The van der Waals surface area contributed by atoms with Crippen LogP contribution in [-0.2, 0) is 0 Å². The van der Waals surface area contributed by atoms with Gasteiger partial charge in [-0.3, -0.25) is 4.98 Å². The van der Waals surface area contributed by atoms with Gasteiger partial charge in [0.05, 0.1) is 5.52 Å². The number of aliphatic hydroxyl groups excluding tert-OH is 1. The van der Waals surface area contributed by atoms with Gasteiger partial charge in [-0.1, -0.05) is 51.8 Å². The van der Waals surface area contributed by atoms with Gasteiger partial charge in [-0.2, -0.15) is 0 Å². The van der Waals surface area contributed by atoms with Crippen LogP contribution in [0.15, 0.2) is 59.2 Å². The molecule has 1 N–H and O–H groups in total. The van der Waals surface area contributed by atoms with Gasteiger partial charge in [-0.15, -0.1) is 0 Å². The van der Waals surface area contributed by atoms with Crippen LogP contribution in [0.5, 0.6) is 0 Å². The zero-order valence-corrected chi connectivity index (χ0v) is 12.8. The molecule has 20 heavy (non-hydrogen) atoms. The van der Waals surface area contributed by atoms with Crippen molar-refractivity contribution in [2.75, 3.05) is 0 Å². The Kier molecular flexibility index (Phi) is 3.74. The molecule has 1 unspecified atom stereocenters. The minimum atomic E-state index is -0.785. The molecule has 2 nitrogen and oxygen atoms in total. The molecule has 3 rings (SSSR count). The second kappa shape index (κ2) is 5.52. The van der Waals surface area contributed by atoms with Crippen LogP contribution in [0.2, 0.25) is 5.02 Å². The Labute approximate surface area is 130 Å². The fraction of sp³-hybridized carbons (Fsp3) is 0.0625. The smallest absolute Gasteiger partial charge is 0.107 e. The van der Waals surface area contributed by atoms with Crippen LogP contribution < -0.4 is 0 Å². The molecule has 1 atom stereocenters. The summed E-state index contributed by atoms with van der Waals surface area (Å²) in [5, 5.41) is 12.0. The molecule has 100 valence electrons. The lowest BCUT2D eigenvalue weighted by Gasteiger charge is -2.13. The maximum Gasteiger partial charge on any atom is 0.107 e. The van der Waals surface area contributed by atoms with Crippen LogP contribution in [0, 0.1) is 0 Å². The van der Waals surface area contributed by atoms with Crippen molar-refractivity contribution >= 4 is 38.4 Å². The minimum absolute atomic E-state index is 0.528. The molecule has 3 aromatic rings. The van der Waals surface area contributed by atoms with Gasteiger partial charge < -0.3 is 5.11 Å². The second-order valence-electron chi connectivity index (χ2n) is 4.53. The van der Waals surface area contributed by atoms with Crippen molar-refractivity contribution in [3.63, 3.8) is 0 Å². The summed E-state index contributed by atoms with van der Waals surface area (Å²) in [4.78, 5) is 4.36. The summed E-state index contributed by atoms with van der Waals surface area (Å²) >= 11 is 9.54. The first-order valence-electron chi connectivity index (χ1n) is 6.13. The number of aliphatic hydroxyl groups is 1. The third-order valence-corrected chi connectivity index (χ3v) is 4.01. The number of hydrogen-bond donors (Lipinski definition) is 1. The van der Waals surface area contributed by atoms with E-state index >= 15 is 0 Å². The van der Waals surface area contributed by atoms with Gasteiger partial charge in [0.2, 0.25) is 0 Å². The van der Waals surface area contributed by atoms with Gasteiger partial charge in [0.15, 0.2) is 0 Å². The molecule has 0 aliphatic carbocycles. The van der Waals surface area contributed by atoms with Gasteiger partial charge in [-0.05, 0) is 24.3 Å². The van der Waals surface area contributed by atoms with Crippen molar-refractivity contribution in [3.8, 4) is 0 Å². The van der Waals surface area contributed by atoms with Crippen molar-refractivity contribution in [2.45, 2.75) is 6.10 Å². The second-order valence-corrected chi connectivity index (χ2v) is 5.85. The van der Waals surface area contributed by atoms with E-state index in [-0.39, 0.29) is 0 Å². The number of hydrogen-bond acceptors (Lipinski definition) is 2. The van der Waals surface area contributed by atoms with E-state index in [1.54, 1.807) is 12.3 Å². The predicted molar refractivity (Wildman–Crippen MR) is 85.0 cm³/mol. The van der Waals surface area contributed by atoms with E-state index in [2.05, 4.69) is 20.9 Å². The Bertz CT molecular complexity index is 775. The summed E-state index contributed by atoms with van der Waals surface area (Å²) in [6, 6.07) is 15.2. The minimum Gasteiger partial charge on any atom is -0.384 e.